The molecule has 0 saturated heterocycles. The van der Waals surface area contributed by atoms with Crippen molar-refractivity contribution in [3.63, 3.8) is 0 Å². The third kappa shape index (κ3) is 4.34. The van der Waals surface area contributed by atoms with Gasteiger partial charge in [0.15, 0.2) is 0 Å². The Labute approximate surface area is 145 Å². The lowest BCUT2D eigenvalue weighted by Gasteiger charge is -2.04. The standard InChI is InChI=1S/C18H16Cl2N2O/c19-15-9-7-14(16(20)12-15)8-11-18-17(21-23-22-18)10-6-13-4-2-1-3-5-13/h1-5,7,9,12H,6,8,10-11H2. The Morgan fingerprint density at radius 3 is 2.17 bits per heavy atom. The molecule has 0 bridgehead atoms. The molecule has 118 valence electrons. The van der Waals surface area contributed by atoms with Crippen molar-refractivity contribution in [2.24, 2.45) is 0 Å². The number of nitrogens with zero attached hydrogens (tertiary/aromatic N) is 2. The predicted octanol–water partition coefficient (Wildman–Crippen LogP) is 4.95. The van der Waals surface area contributed by atoms with Crippen LogP contribution in [0.1, 0.15) is 22.5 Å². The Morgan fingerprint density at radius 1 is 0.783 bits per heavy atom. The predicted molar refractivity (Wildman–Crippen MR) is 92.0 cm³/mol. The molecule has 3 aromatic rings. The van der Waals surface area contributed by atoms with Crippen molar-refractivity contribution in [3.8, 4) is 0 Å². The fourth-order valence-corrected chi connectivity index (χ4v) is 2.99. The molecule has 5 heteroatoms. The van der Waals surface area contributed by atoms with Crippen molar-refractivity contribution in [1.29, 1.82) is 0 Å². The molecule has 0 spiro atoms. The first-order valence-corrected chi connectivity index (χ1v) is 8.26. The van der Waals surface area contributed by atoms with Gasteiger partial charge in [-0.15, -0.1) is 0 Å². The molecule has 0 aliphatic rings. The average molecular weight is 347 g/mol. The molecular formula is C18H16Cl2N2O. The monoisotopic (exact) mass is 346 g/mol. The van der Waals surface area contributed by atoms with Crippen molar-refractivity contribution in [2.45, 2.75) is 25.7 Å². The minimum atomic E-state index is 0.644. The van der Waals surface area contributed by atoms with Gasteiger partial charge in [-0.05, 0) is 48.9 Å². The summed E-state index contributed by atoms with van der Waals surface area (Å²) < 4.78 is 4.92. The SMILES string of the molecule is Clc1ccc(CCc2nonc2CCc2ccccc2)c(Cl)c1. The third-order valence-corrected chi connectivity index (χ3v) is 4.36. The molecule has 0 saturated carbocycles. The summed E-state index contributed by atoms with van der Waals surface area (Å²) in [6.45, 7) is 0. The van der Waals surface area contributed by atoms with E-state index in [0.29, 0.717) is 10.0 Å². The average Bonchev–Trinajstić information content (AvgIpc) is 3.00. The Bertz CT molecular complexity index is 772. The summed E-state index contributed by atoms with van der Waals surface area (Å²) in [4.78, 5) is 0. The second kappa shape index (κ2) is 7.62. The molecule has 1 heterocycles. The van der Waals surface area contributed by atoms with E-state index < -0.39 is 0 Å². The maximum Gasteiger partial charge on any atom is 0.108 e. The van der Waals surface area contributed by atoms with E-state index in [4.69, 9.17) is 27.8 Å². The highest BCUT2D eigenvalue weighted by Gasteiger charge is 2.11. The molecule has 0 aliphatic heterocycles. The van der Waals surface area contributed by atoms with Gasteiger partial charge < -0.3 is 0 Å². The van der Waals surface area contributed by atoms with Crippen molar-refractivity contribution >= 4 is 23.2 Å². The van der Waals surface area contributed by atoms with Gasteiger partial charge in [0.05, 0.1) is 0 Å². The molecule has 1 aromatic heterocycles. The quantitative estimate of drug-likeness (QED) is 0.633. The van der Waals surface area contributed by atoms with Crippen LogP contribution < -0.4 is 0 Å². The second-order valence-electron chi connectivity index (χ2n) is 5.38. The minimum absolute atomic E-state index is 0.644. The molecule has 0 aliphatic carbocycles. The Balaban J connectivity index is 1.62. The van der Waals surface area contributed by atoms with E-state index in [-0.39, 0.29) is 0 Å². The zero-order chi connectivity index (χ0) is 16.1. The summed E-state index contributed by atoms with van der Waals surface area (Å²) in [6, 6.07) is 15.9. The van der Waals surface area contributed by atoms with Crippen LogP contribution in [0.25, 0.3) is 0 Å². The summed E-state index contributed by atoms with van der Waals surface area (Å²) in [6.07, 6.45) is 3.26. The van der Waals surface area contributed by atoms with E-state index in [1.54, 1.807) is 6.07 Å². The van der Waals surface area contributed by atoms with Gasteiger partial charge in [0.1, 0.15) is 11.4 Å². The molecule has 3 nitrogen and oxygen atoms in total. The van der Waals surface area contributed by atoms with Crippen molar-refractivity contribution < 1.29 is 4.63 Å². The minimum Gasteiger partial charge on any atom is -0.244 e. The number of aryl methyl sites for hydroxylation is 4. The van der Waals surface area contributed by atoms with Crippen molar-refractivity contribution in [1.82, 2.24) is 10.3 Å². The Kier molecular flexibility index (Phi) is 5.31. The lowest BCUT2D eigenvalue weighted by Crippen LogP contribution is -1.99. The molecular weight excluding hydrogens is 331 g/mol. The third-order valence-electron chi connectivity index (χ3n) is 3.77. The second-order valence-corrected chi connectivity index (χ2v) is 6.22. The van der Waals surface area contributed by atoms with Crippen molar-refractivity contribution in [3.05, 3.63) is 81.1 Å². The summed E-state index contributed by atoms with van der Waals surface area (Å²) in [5.74, 6) is 0. The summed E-state index contributed by atoms with van der Waals surface area (Å²) >= 11 is 12.1. The first-order valence-electron chi connectivity index (χ1n) is 7.50. The maximum absolute atomic E-state index is 6.21. The molecule has 2 aromatic carbocycles. The van der Waals surface area contributed by atoms with Crippen LogP contribution in [0, 0.1) is 0 Å². The first-order chi connectivity index (χ1) is 11.2. The number of halogens is 2. The number of benzene rings is 2. The summed E-state index contributed by atoms with van der Waals surface area (Å²) in [5.41, 5.74) is 4.14. The van der Waals surface area contributed by atoms with Gasteiger partial charge in [-0.2, -0.15) is 0 Å². The van der Waals surface area contributed by atoms with E-state index in [1.165, 1.54) is 5.56 Å². The van der Waals surface area contributed by atoms with Crippen LogP contribution in [-0.2, 0) is 25.7 Å². The van der Waals surface area contributed by atoms with E-state index in [2.05, 4.69) is 22.4 Å². The fraction of sp³-hybridized carbons (Fsp3) is 0.222. The van der Waals surface area contributed by atoms with Gasteiger partial charge >= 0.3 is 0 Å². The maximum atomic E-state index is 6.21. The largest absolute Gasteiger partial charge is 0.244 e. The normalized spacial score (nSPS) is 10.9. The molecule has 0 amide bonds. The van der Waals surface area contributed by atoms with E-state index in [1.807, 2.05) is 30.3 Å². The van der Waals surface area contributed by atoms with Gasteiger partial charge in [-0.3, -0.25) is 0 Å². The Hall–Kier alpha value is -1.84. The van der Waals surface area contributed by atoms with Crippen LogP contribution in [-0.4, -0.2) is 10.3 Å². The molecule has 0 fully saturated rings. The van der Waals surface area contributed by atoms with Crippen LogP contribution in [0.2, 0.25) is 10.0 Å². The van der Waals surface area contributed by atoms with Gasteiger partial charge in [0.25, 0.3) is 0 Å². The zero-order valence-corrected chi connectivity index (χ0v) is 14.0. The van der Waals surface area contributed by atoms with Crippen LogP contribution in [0.4, 0.5) is 0 Å². The van der Waals surface area contributed by atoms with E-state index >= 15 is 0 Å². The lowest BCUT2D eigenvalue weighted by molar-refractivity contribution is 0.300. The summed E-state index contributed by atoms with van der Waals surface area (Å²) in [5, 5.41) is 9.40. The van der Waals surface area contributed by atoms with Crippen LogP contribution in [0.5, 0.6) is 0 Å². The van der Waals surface area contributed by atoms with Gasteiger partial charge in [0, 0.05) is 10.0 Å². The van der Waals surface area contributed by atoms with Crippen molar-refractivity contribution in [2.75, 3.05) is 0 Å². The topological polar surface area (TPSA) is 38.9 Å². The molecule has 0 radical (unpaired) electrons. The molecule has 3 rings (SSSR count). The van der Waals surface area contributed by atoms with Crippen LogP contribution in [0.3, 0.4) is 0 Å². The van der Waals surface area contributed by atoms with Gasteiger partial charge in [-0.1, -0.05) is 69.9 Å². The van der Waals surface area contributed by atoms with E-state index in [0.717, 1.165) is 42.6 Å². The highest BCUT2D eigenvalue weighted by atomic mass is 35.5. The first kappa shape index (κ1) is 16.0. The Morgan fingerprint density at radius 2 is 1.48 bits per heavy atom. The summed E-state index contributed by atoms with van der Waals surface area (Å²) in [7, 11) is 0. The van der Waals surface area contributed by atoms with Gasteiger partial charge in [0.2, 0.25) is 0 Å². The number of rotatable bonds is 6. The highest BCUT2D eigenvalue weighted by Crippen LogP contribution is 2.22. The van der Waals surface area contributed by atoms with Gasteiger partial charge in [-0.25, -0.2) is 4.63 Å². The van der Waals surface area contributed by atoms with Crippen LogP contribution >= 0.6 is 23.2 Å². The fourth-order valence-electron chi connectivity index (χ4n) is 2.49. The zero-order valence-electron chi connectivity index (χ0n) is 12.5. The molecule has 23 heavy (non-hydrogen) atoms. The lowest BCUT2D eigenvalue weighted by atomic mass is 10.0. The number of aromatic nitrogens is 2. The smallest absolute Gasteiger partial charge is 0.108 e. The molecule has 0 unspecified atom stereocenters. The number of hydrogen-bond donors (Lipinski definition) is 0. The molecule has 0 N–H and O–H groups in total. The number of hydrogen-bond acceptors (Lipinski definition) is 3. The van der Waals surface area contributed by atoms with E-state index in [9.17, 15) is 0 Å². The van der Waals surface area contributed by atoms with Crippen LogP contribution in [0.15, 0.2) is 53.2 Å². The molecule has 0 atom stereocenters. The highest BCUT2D eigenvalue weighted by molar-refractivity contribution is 6.35.